The number of rotatable bonds is 6. The molecule has 2 rings (SSSR count). The van der Waals surface area contributed by atoms with Crippen LogP contribution in [0.25, 0.3) is 0 Å². The predicted octanol–water partition coefficient (Wildman–Crippen LogP) is 2.29. The van der Waals surface area contributed by atoms with Crippen molar-refractivity contribution in [3.8, 4) is 5.75 Å². The van der Waals surface area contributed by atoms with Crippen molar-refractivity contribution in [1.82, 2.24) is 14.8 Å². The summed E-state index contributed by atoms with van der Waals surface area (Å²) in [5, 5.41) is 4.17. The zero-order valence-corrected chi connectivity index (χ0v) is 11.4. The fourth-order valence-electron chi connectivity index (χ4n) is 1.83. The van der Waals surface area contributed by atoms with Crippen molar-refractivity contribution in [3.05, 3.63) is 42.0 Å². The molecule has 0 radical (unpaired) electrons. The molecule has 0 amide bonds. The maximum Gasteiger partial charge on any atom is 0.164 e. The fraction of sp³-hybridized carbons (Fsp3) is 0.429. The van der Waals surface area contributed by atoms with Gasteiger partial charge in [0.15, 0.2) is 5.82 Å². The fourth-order valence-corrected chi connectivity index (χ4v) is 1.83. The highest BCUT2D eigenvalue weighted by atomic mass is 16.5. The SMILES string of the molecule is CCCn1ncnc1COc1cccc(C(C)N)c1. The molecular formula is C14H20N4O. The normalized spacial score (nSPS) is 12.4. The average Bonchev–Trinajstić information content (AvgIpc) is 2.85. The molecule has 0 saturated heterocycles. The molecular weight excluding hydrogens is 240 g/mol. The van der Waals surface area contributed by atoms with Gasteiger partial charge in [-0.2, -0.15) is 5.10 Å². The molecule has 0 bridgehead atoms. The molecule has 5 heteroatoms. The van der Waals surface area contributed by atoms with Gasteiger partial charge in [-0.15, -0.1) is 0 Å². The summed E-state index contributed by atoms with van der Waals surface area (Å²) in [5.74, 6) is 1.65. The maximum atomic E-state index is 5.85. The van der Waals surface area contributed by atoms with E-state index in [4.69, 9.17) is 10.5 Å². The molecule has 1 heterocycles. The second kappa shape index (κ2) is 6.33. The quantitative estimate of drug-likeness (QED) is 0.865. The van der Waals surface area contributed by atoms with Gasteiger partial charge in [-0.05, 0) is 31.0 Å². The smallest absolute Gasteiger partial charge is 0.164 e. The Morgan fingerprint density at radius 1 is 1.42 bits per heavy atom. The van der Waals surface area contributed by atoms with E-state index in [1.54, 1.807) is 6.33 Å². The number of nitrogens with zero attached hydrogens (tertiary/aromatic N) is 3. The van der Waals surface area contributed by atoms with Gasteiger partial charge < -0.3 is 10.5 Å². The molecule has 2 N–H and O–H groups in total. The summed E-state index contributed by atoms with van der Waals surface area (Å²) < 4.78 is 7.62. The first kappa shape index (κ1) is 13.5. The minimum atomic E-state index is 0.00675. The van der Waals surface area contributed by atoms with Crippen LogP contribution in [0.3, 0.4) is 0 Å². The average molecular weight is 260 g/mol. The summed E-state index contributed by atoms with van der Waals surface area (Å²) in [6, 6.07) is 7.84. The summed E-state index contributed by atoms with van der Waals surface area (Å²) in [5.41, 5.74) is 6.92. The van der Waals surface area contributed by atoms with Crippen molar-refractivity contribution in [2.75, 3.05) is 0 Å². The van der Waals surface area contributed by atoms with E-state index in [2.05, 4.69) is 17.0 Å². The predicted molar refractivity (Wildman–Crippen MR) is 73.7 cm³/mol. The number of ether oxygens (including phenoxy) is 1. The van der Waals surface area contributed by atoms with Crippen LogP contribution >= 0.6 is 0 Å². The lowest BCUT2D eigenvalue weighted by atomic mass is 10.1. The Hall–Kier alpha value is -1.88. The van der Waals surface area contributed by atoms with Crippen LogP contribution in [0.5, 0.6) is 5.75 Å². The molecule has 102 valence electrons. The molecule has 1 aromatic heterocycles. The third-order valence-electron chi connectivity index (χ3n) is 2.88. The minimum absolute atomic E-state index is 0.00675. The zero-order chi connectivity index (χ0) is 13.7. The van der Waals surface area contributed by atoms with Gasteiger partial charge in [0, 0.05) is 12.6 Å². The van der Waals surface area contributed by atoms with E-state index in [-0.39, 0.29) is 6.04 Å². The van der Waals surface area contributed by atoms with E-state index in [0.717, 1.165) is 30.1 Å². The molecule has 0 spiro atoms. The van der Waals surface area contributed by atoms with Crippen LogP contribution in [0, 0.1) is 0 Å². The van der Waals surface area contributed by atoms with Gasteiger partial charge in [-0.25, -0.2) is 9.67 Å². The van der Waals surface area contributed by atoms with Crippen LogP contribution in [0.15, 0.2) is 30.6 Å². The van der Waals surface area contributed by atoms with Crippen LogP contribution in [0.1, 0.15) is 37.7 Å². The van der Waals surface area contributed by atoms with Crippen molar-refractivity contribution in [3.63, 3.8) is 0 Å². The van der Waals surface area contributed by atoms with E-state index in [1.165, 1.54) is 0 Å². The first-order valence-electron chi connectivity index (χ1n) is 6.55. The van der Waals surface area contributed by atoms with Gasteiger partial charge in [0.2, 0.25) is 0 Å². The van der Waals surface area contributed by atoms with Gasteiger partial charge in [-0.1, -0.05) is 19.1 Å². The Balaban J connectivity index is 2.02. The van der Waals surface area contributed by atoms with E-state index >= 15 is 0 Å². The highest BCUT2D eigenvalue weighted by molar-refractivity contribution is 5.30. The molecule has 0 fully saturated rings. The highest BCUT2D eigenvalue weighted by Gasteiger charge is 2.05. The van der Waals surface area contributed by atoms with Crippen molar-refractivity contribution in [2.24, 2.45) is 5.73 Å². The number of benzene rings is 1. The molecule has 5 nitrogen and oxygen atoms in total. The third-order valence-corrected chi connectivity index (χ3v) is 2.88. The topological polar surface area (TPSA) is 66.0 Å². The van der Waals surface area contributed by atoms with Crippen molar-refractivity contribution in [1.29, 1.82) is 0 Å². The number of hydrogen-bond donors (Lipinski definition) is 1. The van der Waals surface area contributed by atoms with Crippen molar-refractivity contribution < 1.29 is 4.74 Å². The molecule has 0 aliphatic heterocycles. The Kier molecular flexibility index (Phi) is 4.52. The largest absolute Gasteiger partial charge is 0.486 e. The summed E-state index contributed by atoms with van der Waals surface area (Å²) in [4.78, 5) is 4.21. The van der Waals surface area contributed by atoms with Gasteiger partial charge >= 0.3 is 0 Å². The van der Waals surface area contributed by atoms with Crippen LogP contribution in [-0.4, -0.2) is 14.8 Å². The number of aryl methyl sites for hydroxylation is 1. The Morgan fingerprint density at radius 3 is 3.00 bits per heavy atom. The molecule has 19 heavy (non-hydrogen) atoms. The van der Waals surface area contributed by atoms with Crippen LogP contribution < -0.4 is 10.5 Å². The van der Waals surface area contributed by atoms with Gasteiger partial charge in [0.1, 0.15) is 18.7 Å². The molecule has 0 saturated carbocycles. The van der Waals surface area contributed by atoms with Gasteiger partial charge in [-0.3, -0.25) is 0 Å². The van der Waals surface area contributed by atoms with Crippen molar-refractivity contribution in [2.45, 2.75) is 39.5 Å². The lowest BCUT2D eigenvalue weighted by Gasteiger charge is -2.10. The maximum absolute atomic E-state index is 5.85. The Morgan fingerprint density at radius 2 is 2.26 bits per heavy atom. The highest BCUT2D eigenvalue weighted by Crippen LogP contribution is 2.18. The first-order chi connectivity index (χ1) is 9.20. The summed E-state index contributed by atoms with van der Waals surface area (Å²) in [6.45, 7) is 5.34. The molecule has 1 unspecified atom stereocenters. The summed E-state index contributed by atoms with van der Waals surface area (Å²) >= 11 is 0. The number of hydrogen-bond acceptors (Lipinski definition) is 4. The second-order valence-corrected chi connectivity index (χ2v) is 4.55. The number of aromatic nitrogens is 3. The molecule has 1 aromatic carbocycles. The molecule has 1 atom stereocenters. The van der Waals surface area contributed by atoms with Crippen LogP contribution in [0.2, 0.25) is 0 Å². The second-order valence-electron chi connectivity index (χ2n) is 4.55. The standard InChI is InChI=1S/C14H20N4O/c1-3-7-18-14(16-10-17-18)9-19-13-6-4-5-12(8-13)11(2)15/h4-6,8,10-11H,3,7,9,15H2,1-2H3. The molecule has 2 aromatic rings. The lowest BCUT2D eigenvalue weighted by Crippen LogP contribution is -2.09. The van der Waals surface area contributed by atoms with E-state index in [0.29, 0.717) is 6.61 Å². The van der Waals surface area contributed by atoms with Gasteiger partial charge in [0.05, 0.1) is 0 Å². The summed E-state index contributed by atoms with van der Waals surface area (Å²) in [6.07, 6.45) is 2.59. The first-order valence-corrected chi connectivity index (χ1v) is 6.55. The Labute approximate surface area is 113 Å². The van der Waals surface area contributed by atoms with E-state index in [9.17, 15) is 0 Å². The monoisotopic (exact) mass is 260 g/mol. The number of nitrogens with two attached hydrogens (primary N) is 1. The third kappa shape index (κ3) is 3.54. The summed E-state index contributed by atoms with van der Waals surface area (Å²) in [7, 11) is 0. The van der Waals surface area contributed by atoms with E-state index < -0.39 is 0 Å². The minimum Gasteiger partial charge on any atom is -0.486 e. The Bertz CT molecular complexity index is 522. The van der Waals surface area contributed by atoms with Crippen molar-refractivity contribution >= 4 is 0 Å². The zero-order valence-electron chi connectivity index (χ0n) is 11.4. The molecule has 0 aliphatic rings. The van der Waals surface area contributed by atoms with Gasteiger partial charge in [0.25, 0.3) is 0 Å². The molecule has 0 aliphatic carbocycles. The van der Waals surface area contributed by atoms with Crippen LogP contribution in [-0.2, 0) is 13.2 Å². The lowest BCUT2D eigenvalue weighted by molar-refractivity contribution is 0.286. The van der Waals surface area contributed by atoms with E-state index in [1.807, 2.05) is 35.9 Å². The van der Waals surface area contributed by atoms with Crippen LogP contribution in [0.4, 0.5) is 0 Å².